The topological polar surface area (TPSA) is 29.1 Å². The maximum Gasteiger partial charge on any atom is 0.262 e. The predicted octanol–water partition coefficient (Wildman–Crippen LogP) is 3.81. The molecule has 84 valence electrons. The first-order valence-electron chi connectivity index (χ1n) is 4.73. The molecule has 0 aliphatic rings. The van der Waals surface area contributed by atoms with Crippen molar-refractivity contribution in [1.82, 2.24) is 5.32 Å². The Labute approximate surface area is 110 Å². The van der Waals surface area contributed by atoms with Crippen LogP contribution in [-0.4, -0.2) is 5.91 Å². The van der Waals surface area contributed by atoms with Gasteiger partial charge in [-0.1, -0.05) is 0 Å². The van der Waals surface area contributed by atoms with Gasteiger partial charge in [-0.25, -0.2) is 0 Å². The Morgan fingerprint density at radius 2 is 2.25 bits per heavy atom. The van der Waals surface area contributed by atoms with Crippen molar-refractivity contribution in [2.45, 2.75) is 13.5 Å². The lowest BCUT2D eigenvalue weighted by Crippen LogP contribution is -2.21. The lowest BCUT2D eigenvalue weighted by atomic mass is 10.4. The summed E-state index contributed by atoms with van der Waals surface area (Å²) in [6, 6.07) is 5.99. The highest BCUT2D eigenvalue weighted by molar-refractivity contribution is 9.10. The lowest BCUT2D eigenvalue weighted by molar-refractivity contribution is 0.0954. The van der Waals surface area contributed by atoms with Crippen molar-refractivity contribution in [2.75, 3.05) is 0 Å². The zero-order valence-electron chi connectivity index (χ0n) is 8.62. The Bertz CT molecular complexity index is 504. The summed E-state index contributed by atoms with van der Waals surface area (Å²) >= 11 is 6.50. The lowest BCUT2D eigenvalue weighted by Gasteiger charge is -2.01. The molecular formula is C11H10BrNOS2. The van der Waals surface area contributed by atoms with Crippen molar-refractivity contribution >= 4 is 44.5 Å². The van der Waals surface area contributed by atoms with E-state index < -0.39 is 0 Å². The molecule has 0 aliphatic heterocycles. The van der Waals surface area contributed by atoms with Gasteiger partial charge >= 0.3 is 0 Å². The number of carbonyl (C=O) groups excluding carboxylic acids is 1. The van der Waals surface area contributed by atoms with E-state index in [2.05, 4.69) is 34.2 Å². The van der Waals surface area contributed by atoms with E-state index in [9.17, 15) is 4.79 Å². The minimum Gasteiger partial charge on any atom is -0.346 e. The maximum atomic E-state index is 11.8. The molecule has 0 bridgehead atoms. The van der Waals surface area contributed by atoms with Gasteiger partial charge in [-0.05, 0) is 46.4 Å². The standard InChI is InChI=1S/C11H10BrNOS2/c1-7-2-3-8(16-7)6-13-11(14)10-9(12)4-5-15-10/h2-5H,6H2,1H3,(H,13,14). The monoisotopic (exact) mass is 315 g/mol. The molecule has 2 nitrogen and oxygen atoms in total. The summed E-state index contributed by atoms with van der Waals surface area (Å²) in [7, 11) is 0. The van der Waals surface area contributed by atoms with Crippen LogP contribution in [0.4, 0.5) is 0 Å². The molecule has 1 N–H and O–H groups in total. The average molecular weight is 316 g/mol. The van der Waals surface area contributed by atoms with Gasteiger partial charge in [0.2, 0.25) is 0 Å². The quantitative estimate of drug-likeness (QED) is 0.916. The summed E-state index contributed by atoms with van der Waals surface area (Å²) in [5, 5.41) is 4.80. The molecule has 0 saturated carbocycles. The minimum absolute atomic E-state index is 0.0204. The molecular weight excluding hydrogens is 306 g/mol. The molecule has 2 rings (SSSR count). The van der Waals surface area contributed by atoms with Crippen molar-refractivity contribution in [3.8, 4) is 0 Å². The van der Waals surface area contributed by atoms with Crippen LogP contribution in [0.25, 0.3) is 0 Å². The zero-order chi connectivity index (χ0) is 11.5. The number of rotatable bonds is 3. The second-order valence-corrected chi connectivity index (χ2v) is 6.44. The van der Waals surface area contributed by atoms with Crippen LogP contribution >= 0.6 is 38.6 Å². The molecule has 2 aromatic rings. The van der Waals surface area contributed by atoms with Crippen molar-refractivity contribution < 1.29 is 4.79 Å². The fraction of sp³-hybridized carbons (Fsp3) is 0.182. The zero-order valence-corrected chi connectivity index (χ0v) is 11.8. The van der Waals surface area contributed by atoms with Gasteiger partial charge in [0.05, 0.1) is 6.54 Å². The van der Waals surface area contributed by atoms with Crippen LogP contribution in [0.1, 0.15) is 19.4 Å². The summed E-state index contributed by atoms with van der Waals surface area (Å²) in [6.45, 7) is 2.66. The van der Waals surface area contributed by atoms with E-state index in [1.807, 2.05) is 17.5 Å². The van der Waals surface area contributed by atoms with E-state index in [4.69, 9.17) is 0 Å². The first kappa shape index (κ1) is 11.8. The molecule has 0 fully saturated rings. The Hall–Kier alpha value is -0.650. The number of nitrogens with one attached hydrogen (secondary N) is 1. The highest BCUT2D eigenvalue weighted by Gasteiger charge is 2.10. The molecule has 0 unspecified atom stereocenters. The molecule has 16 heavy (non-hydrogen) atoms. The van der Waals surface area contributed by atoms with Gasteiger partial charge in [-0.2, -0.15) is 0 Å². The van der Waals surface area contributed by atoms with E-state index in [0.717, 1.165) is 9.35 Å². The van der Waals surface area contributed by atoms with Gasteiger partial charge in [0.25, 0.3) is 5.91 Å². The third-order valence-corrected chi connectivity index (χ3v) is 4.88. The first-order chi connectivity index (χ1) is 7.66. The molecule has 0 aromatic carbocycles. The highest BCUT2D eigenvalue weighted by atomic mass is 79.9. The number of hydrogen-bond donors (Lipinski definition) is 1. The average Bonchev–Trinajstić information content (AvgIpc) is 2.84. The van der Waals surface area contributed by atoms with Crippen molar-refractivity contribution in [2.24, 2.45) is 0 Å². The third kappa shape index (κ3) is 2.72. The molecule has 0 spiro atoms. The van der Waals surface area contributed by atoms with Gasteiger partial charge in [0, 0.05) is 14.2 Å². The molecule has 1 amide bonds. The minimum atomic E-state index is -0.0204. The summed E-state index contributed by atoms with van der Waals surface area (Å²) in [5.74, 6) is -0.0204. The summed E-state index contributed by atoms with van der Waals surface area (Å²) in [5.41, 5.74) is 0. The van der Waals surface area contributed by atoms with Gasteiger partial charge < -0.3 is 5.32 Å². The summed E-state index contributed by atoms with van der Waals surface area (Å²) < 4.78 is 0.859. The molecule has 0 atom stereocenters. The van der Waals surface area contributed by atoms with Gasteiger partial charge in [-0.15, -0.1) is 22.7 Å². The number of amides is 1. The first-order valence-corrected chi connectivity index (χ1v) is 7.22. The summed E-state index contributed by atoms with van der Waals surface area (Å²) in [4.78, 5) is 15.0. The summed E-state index contributed by atoms with van der Waals surface area (Å²) in [6.07, 6.45) is 0. The number of thiophene rings is 2. The molecule has 0 saturated heterocycles. The Kier molecular flexibility index (Phi) is 3.78. The van der Waals surface area contributed by atoms with Gasteiger partial charge in [0.1, 0.15) is 4.88 Å². The van der Waals surface area contributed by atoms with E-state index >= 15 is 0 Å². The molecule has 2 aromatic heterocycles. The molecule has 0 radical (unpaired) electrons. The van der Waals surface area contributed by atoms with Gasteiger partial charge in [0.15, 0.2) is 0 Å². The van der Waals surface area contributed by atoms with E-state index in [1.54, 1.807) is 11.3 Å². The van der Waals surface area contributed by atoms with Crippen LogP contribution in [-0.2, 0) is 6.54 Å². The Balaban J connectivity index is 1.96. The van der Waals surface area contributed by atoms with Crippen LogP contribution in [0.15, 0.2) is 28.1 Å². The maximum absolute atomic E-state index is 11.8. The van der Waals surface area contributed by atoms with E-state index in [-0.39, 0.29) is 5.91 Å². The SMILES string of the molecule is Cc1ccc(CNC(=O)c2sccc2Br)s1. The van der Waals surface area contributed by atoms with Crippen LogP contribution < -0.4 is 5.32 Å². The Morgan fingerprint density at radius 1 is 1.44 bits per heavy atom. The van der Waals surface area contributed by atoms with Crippen LogP contribution in [0.5, 0.6) is 0 Å². The number of hydrogen-bond acceptors (Lipinski definition) is 3. The van der Waals surface area contributed by atoms with Gasteiger partial charge in [-0.3, -0.25) is 4.79 Å². The van der Waals surface area contributed by atoms with E-state index in [1.165, 1.54) is 21.1 Å². The second kappa shape index (κ2) is 5.12. The largest absolute Gasteiger partial charge is 0.346 e. The number of halogens is 1. The van der Waals surface area contributed by atoms with Crippen molar-refractivity contribution in [3.05, 3.63) is 42.7 Å². The predicted molar refractivity (Wildman–Crippen MR) is 72.2 cm³/mol. The fourth-order valence-corrected chi connectivity index (χ4v) is 3.58. The van der Waals surface area contributed by atoms with Crippen LogP contribution in [0, 0.1) is 6.92 Å². The Morgan fingerprint density at radius 3 is 2.81 bits per heavy atom. The smallest absolute Gasteiger partial charge is 0.262 e. The van der Waals surface area contributed by atoms with Crippen molar-refractivity contribution in [1.29, 1.82) is 0 Å². The molecule has 2 heterocycles. The molecule has 0 aliphatic carbocycles. The normalized spacial score (nSPS) is 10.4. The van der Waals surface area contributed by atoms with Crippen molar-refractivity contribution in [3.63, 3.8) is 0 Å². The third-order valence-electron chi connectivity index (χ3n) is 2.04. The second-order valence-electron chi connectivity index (χ2n) is 3.29. The van der Waals surface area contributed by atoms with Crippen LogP contribution in [0.3, 0.4) is 0 Å². The molecule has 5 heteroatoms. The fourth-order valence-electron chi connectivity index (χ4n) is 1.28. The van der Waals surface area contributed by atoms with Crippen LogP contribution in [0.2, 0.25) is 0 Å². The number of carbonyl (C=O) groups is 1. The van der Waals surface area contributed by atoms with E-state index in [0.29, 0.717) is 6.54 Å². The highest BCUT2D eigenvalue weighted by Crippen LogP contribution is 2.22. The number of aryl methyl sites for hydroxylation is 1.